The molecule has 0 radical (unpaired) electrons. The first-order valence-electron chi connectivity index (χ1n) is 16.8. The molecule has 0 spiro atoms. The predicted octanol–water partition coefficient (Wildman–Crippen LogP) is 11.9. The van der Waals surface area contributed by atoms with Crippen molar-refractivity contribution in [1.29, 1.82) is 0 Å². The molecule has 3 saturated carbocycles. The largest absolute Gasteiger partial charge is 0.0654 e. The molecule has 4 unspecified atom stereocenters. The highest BCUT2D eigenvalue weighted by Gasteiger charge is 2.44. The van der Waals surface area contributed by atoms with Crippen LogP contribution in [0.4, 0.5) is 0 Å². The number of fused-ring (bicyclic) bond motifs is 3. The Balaban J connectivity index is 1.23. The highest BCUT2D eigenvalue weighted by Crippen LogP contribution is 2.54. The molecule has 0 aromatic rings. The van der Waals surface area contributed by atoms with E-state index >= 15 is 0 Å². The van der Waals surface area contributed by atoms with Gasteiger partial charge in [0.1, 0.15) is 0 Å². The van der Waals surface area contributed by atoms with Crippen LogP contribution in [-0.2, 0) is 0 Å². The topological polar surface area (TPSA) is 0 Å². The van der Waals surface area contributed by atoms with E-state index in [0.717, 1.165) is 35.5 Å². The minimum atomic E-state index is 1.09. The van der Waals surface area contributed by atoms with Gasteiger partial charge in [-0.2, -0.15) is 0 Å². The van der Waals surface area contributed by atoms with Gasteiger partial charge in [0, 0.05) is 0 Å². The van der Waals surface area contributed by atoms with Crippen molar-refractivity contribution in [1.82, 2.24) is 0 Å². The van der Waals surface area contributed by atoms with Gasteiger partial charge in [0.2, 0.25) is 0 Å². The third kappa shape index (κ3) is 10.2. The molecule has 3 rings (SSSR count). The average molecular weight is 473 g/mol. The van der Waals surface area contributed by atoms with Crippen molar-refractivity contribution in [2.24, 2.45) is 35.5 Å². The highest BCUT2D eigenvalue weighted by atomic mass is 14.5. The second kappa shape index (κ2) is 17.5. The summed E-state index contributed by atoms with van der Waals surface area (Å²) in [4.78, 5) is 0. The minimum Gasteiger partial charge on any atom is -0.0654 e. The molecule has 0 heteroatoms. The van der Waals surface area contributed by atoms with Gasteiger partial charge in [-0.1, -0.05) is 142 Å². The number of rotatable bonds is 18. The zero-order chi connectivity index (χ0) is 23.8. The fourth-order valence-electron chi connectivity index (χ4n) is 8.65. The van der Waals surface area contributed by atoms with Gasteiger partial charge in [-0.15, -0.1) is 0 Å². The van der Waals surface area contributed by atoms with E-state index in [1.54, 1.807) is 64.2 Å². The summed E-state index contributed by atoms with van der Waals surface area (Å²) in [5, 5.41) is 0. The Hall–Kier alpha value is 0. The maximum atomic E-state index is 2.32. The Morgan fingerprint density at radius 2 is 0.735 bits per heavy atom. The molecule has 0 saturated heterocycles. The highest BCUT2D eigenvalue weighted by molar-refractivity contribution is 4.94. The van der Waals surface area contributed by atoms with Crippen molar-refractivity contribution < 1.29 is 0 Å². The molecule has 0 bridgehead atoms. The van der Waals surface area contributed by atoms with Crippen LogP contribution in [0.1, 0.15) is 181 Å². The molecule has 200 valence electrons. The first kappa shape index (κ1) is 28.6. The quantitative estimate of drug-likeness (QED) is 0.174. The van der Waals surface area contributed by atoms with Crippen molar-refractivity contribution >= 4 is 0 Å². The molecule has 0 amide bonds. The van der Waals surface area contributed by atoms with E-state index < -0.39 is 0 Å². The van der Waals surface area contributed by atoms with Crippen LogP contribution >= 0.6 is 0 Å². The van der Waals surface area contributed by atoms with Crippen LogP contribution in [0.25, 0.3) is 0 Å². The van der Waals surface area contributed by atoms with Crippen LogP contribution in [0.15, 0.2) is 0 Å². The van der Waals surface area contributed by atoms with Crippen LogP contribution in [0.3, 0.4) is 0 Å². The second-order valence-corrected chi connectivity index (χ2v) is 13.3. The smallest absolute Gasteiger partial charge is 0.0355 e. The lowest BCUT2D eigenvalue weighted by Crippen LogP contribution is -2.41. The van der Waals surface area contributed by atoms with Gasteiger partial charge in [-0.25, -0.2) is 0 Å². The van der Waals surface area contributed by atoms with Crippen molar-refractivity contribution in [2.75, 3.05) is 0 Å². The van der Waals surface area contributed by atoms with Gasteiger partial charge in [0.15, 0.2) is 0 Å². The summed E-state index contributed by atoms with van der Waals surface area (Å²) in [6.45, 7) is 4.65. The van der Waals surface area contributed by atoms with Crippen molar-refractivity contribution in [3.8, 4) is 0 Å². The summed E-state index contributed by atoms with van der Waals surface area (Å²) in [7, 11) is 0. The Bertz CT molecular complexity index is 436. The van der Waals surface area contributed by atoms with Crippen LogP contribution in [0.2, 0.25) is 0 Å². The Labute approximate surface area is 216 Å². The van der Waals surface area contributed by atoms with Gasteiger partial charge in [0.25, 0.3) is 0 Å². The second-order valence-electron chi connectivity index (χ2n) is 13.3. The molecule has 0 nitrogen and oxygen atoms in total. The molecule has 6 atom stereocenters. The first-order valence-corrected chi connectivity index (χ1v) is 16.8. The molecule has 0 heterocycles. The molecular formula is C34H64. The maximum absolute atomic E-state index is 2.32. The molecule has 0 aromatic carbocycles. The van der Waals surface area contributed by atoms with Crippen LogP contribution < -0.4 is 0 Å². The third-order valence-electron chi connectivity index (χ3n) is 10.7. The van der Waals surface area contributed by atoms with E-state index in [1.807, 2.05) is 0 Å². The van der Waals surface area contributed by atoms with E-state index in [9.17, 15) is 0 Å². The number of unbranched alkanes of at least 4 members (excludes halogenated alkanes) is 14. The SMILES string of the molecule is CCCCCCCCCC[C@@H]1CCC2C(CCC3C[C@H](CCCCCCCCCC)CCC32)C1. The number of hydrogen-bond acceptors (Lipinski definition) is 0. The normalized spacial score (nSPS) is 31.2. The van der Waals surface area contributed by atoms with Crippen molar-refractivity contribution in [3.05, 3.63) is 0 Å². The van der Waals surface area contributed by atoms with Crippen molar-refractivity contribution in [3.63, 3.8) is 0 Å². The van der Waals surface area contributed by atoms with E-state index in [-0.39, 0.29) is 0 Å². The summed E-state index contributed by atoms with van der Waals surface area (Å²) in [6, 6.07) is 0. The first-order chi connectivity index (χ1) is 16.8. The minimum absolute atomic E-state index is 1.09. The monoisotopic (exact) mass is 473 g/mol. The van der Waals surface area contributed by atoms with E-state index in [4.69, 9.17) is 0 Å². The zero-order valence-corrected chi connectivity index (χ0v) is 23.8. The summed E-state index contributed by atoms with van der Waals surface area (Å²) < 4.78 is 0. The Kier molecular flexibility index (Phi) is 14.7. The van der Waals surface area contributed by atoms with Crippen molar-refractivity contribution in [2.45, 2.75) is 181 Å². The molecule has 34 heavy (non-hydrogen) atoms. The lowest BCUT2D eigenvalue weighted by atomic mass is 9.55. The molecule has 0 aliphatic heterocycles. The van der Waals surface area contributed by atoms with E-state index in [0.29, 0.717) is 0 Å². The maximum Gasteiger partial charge on any atom is -0.0355 e. The van der Waals surface area contributed by atoms with Gasteiger partial charge >= 0.3 is 0 Å². The summed E-state index contributed by atoms with van der Waals surface area (Å²) in [5.74, 6) is 6.71. The molecular weight excluding hydrogens is 408 g/mol. The summed E-state index contributed by atoms with van der Waals surface area (Å²) in [5.41, 5.74) is 0. The lowest BCUT2D eigenvalue weighted by molar-refractivity contribution is -0.00461. The summed E-state index contributed by atoms with van der Waals surface area (Å²) >= 11 is 0. The lowest BCUT2D eigenvalue weighted by Gasteiger charge is -2.51. The molecule has 0 aromatic heterocycles. The molecule has 3 aliphatic carbocycles. The zero-order valence-electron chi connectivity index (χ0n) is 23.8. The fraction of sp³-hybridized carbons (Fsp3) is 1.00. The molecule has 3 aliphatic rings. The fourth-order valence-corrected chi connectivity index (χ4v) is 8.65. The molecule has 0 N–H and O–H groups in total. The van der Waals surface area contributed by atoms with Gasteiger partial charge in [-0.05, 0) is 74.0 Å². The van der Waals surface area contributed by atoms with Crippen LogP contribution in [0.5, 0.6) is 0 Å². The predicted molar refractivity (Wildman–Crippen MR) is 152 cm³/mol. The molecule has 3 fully saturated rings. The average Bonchev–Trinajstić information content (AvgIpc) is 2.87. The third-order valence-corrected chi connectivity index (χ3v) is 10.7. The van der Waals surface area contributed by atoms with Gasteiger partial charge in [-0.3, -0.25) is 0 Å². The van der Waals surface area contributed by atoms with Gasteiger partial charge < -0.3 is 0 Å². The van der Waals surface area contributed by atoms with Gasteiger partial charge in [0.05, 0.1) is 0 Å². The van der Waals surface area contributed by atoms with Crippen LogP contribution in [-0.4, -0.2) is 0 Å². The van der Waals surface area contributed by atoms with Crippen LogP contribution in [0, 0.1) is 35.5 Å². The Morgan fingerprint density at radius 1 is 0.382 bits per heavy atom. The van der Waals surface area contributed by atoms with E-state index in [1.165, 1.54) is 103 Å². The Morgan fingerprint density at radius 3 is 1.12 bits per heavy atom. The summed E-state index contributed by atoms with van der Waals surface area (Å²) in [6.07, 6.45) is 39.6. The van der Waals surface area contributed by atoms with E-state index in [2.05, 4.69) is 13.8 Å². The number of hydrogen-bond donors (Lipinski definition) is 0. The standard InChI is InChI=1S/C34H64/c1-3-5-7-9-11-13-15-17-19-29-21-25-33-31(27-29)23-24-32-28-30(22-26-34(32)33)20-18-16-14-12-10-8-6-4-2/h29-34H,3-28H2,1-2H3/t29-,30-,31?,32?,33?,34?/m1/s1.